The van der Waals surface area contributed by atoms with Crippen LogP contribution in [0.1, 0.15) is 10.4 Å². The summed E-state index contributed by atoms with van der Waals surface area (Å²) in [6, 6.07) is 12.5. The van der Waals surface area contributed by atoms with Gasteiger partial charge in [-0.25, -0.2) is 9.48 Å². The topological polar surface area (TPSA) is 83.0 Å². The van der Waals surface area contributed by atoms with Crippen LogP contribution < -0.4 is 5.73 Å². The molecule has 0 bridgehead atoms. The fourth-order valence-corrected chi connectivity index (χ4v) is 2.04. The Morgan fingerprint density at radius 2 is 2.05 bits per heavy atom. The number of aromatic nitrogens is 3. The molecule has 3 aromatic rings. The highest BCUT2D eigenvalue weighted by Gasteiger charge is 2.12. The fourth-order valence-electron chi connectivity index (χ4n) is 2.04. The minimum absolute atomic E-state index is 0.401. The number of nitrogens with two attached hydrogens (primary N) is 1. The van der Waals surface area contributed by atoms with Crippen molar-refractivity contribution < 1.29 is 9.53 Å². The fraction of sp³-hybridized carbons (Fsp3) is 0.0714. The summed E-state index contributed by atoms with van der Waals surface area (Å²) in [7, 11) is 1.33. The molecule has 0 radical (unpaired) electrons. The zero-order chi connectivity index (χ0) is 14.1. The number of hydrogen-bond acceptors (Lipinski definition) is 5. The molecule has 1 heterocycles. The van der Waals surface area contributed by atoms with Gasteiger partial charge in [0.05, 0.1) is 29.6 Å². The average molecular weight is 268 g/mol. The van der Waals surface area contributed by atoms with Crippen LogP contribution in [0, 0.1) is 0 Å². The minimum Gasteiger partial charge on any atom is -0.465 e. The van der Waals surface area contributed by atoms with E-state index in [1.165, 1.54) is 7.11 Å². The Balaban J connectivity index is 2.13. The molecule has 0 saturated heterocycles. The molecule has 0 saturated carbocycles. The van der Waals surface area contributed by atoms with E-state index in [9.17, 15) is 4.79 Å². The highest BCUT2D eigenvalue weighted by atomic mass is 16.5. The Hall–Kier alpha value is -2.89. The van der Waals surface area contributed by atoms with E-state index in [-0.39, 0.29) is 0 Å². The van der Waals surface area contributed by atoms with Gasteiger partial charge in [-0.05, 0) is 30.3 Å². The maximum atomic E-state index is 11.5. The molecule has 6 nitrogen and oxygen atoms in total. The second kappa shape index (κ2) is 4.65. The van der Waals surface area contributed by atoms with Crippen LogP contribution in [-0.2, 0) is 4.74 Å². The lowest BCUT2D eigenvalue weighted by atomic mass is 10.1. The molecule has 1 aromatic heterocycles. The first-order valence-corrected chi connectivity index (χ1v) is 5.99. The molecule has 2 aromatic carbocycles. The number of anilines is 1. The van der Waals surface area contributed by atoms with E-state index in [2.05, 4.69) is 15.0 Å². The van der Waals surface area contributed by atoms with Gasteiger partial charge in [0, 0.05) is 0 Å². The first-order chi connectivity index (χ1) is 9.70. The second-order valence-electron chi connectivity index (χ2n) is 4.26. The third-order valence-electron chi connectivity index (χ3n) is 3.03. The highest BCUT2D eigenvalue weighted by Crippen LogP contribution is 2.22. The molecule has 6 heteroatoms. The summed E-state index contributed by atoms with van der Waals surface area (Å²) in [6.07, 6.45) is 0. The summed E-state index contributed by atoms with van der Waals surface area (Å²) in [5.74, 6) is -0.424. The summed E-state index contributed by atoms with van der Waals surface area (Å²) in [6.45, 7) is 0. The molecular weight excluding hydrogens is 256 g/mol. The van der Waals surface area contributed by atoms with Crippen molar-refractivity contribution in [3.05, 3.63) is 48.0 Å². The van der Waals surface area contributed by atoms with E-state index >= 15 is 0 Å². The molecule has 100 valence electrons. The summed E-state index contributed by atoms with van der Waals surface area (Å²) in [4.78, 5) is 11.5. The molecule has 0 aliphatic heterocycles. The van der Waals surface area contributed by atoms with E-state index < -0.39 is 5.97 Å². The van der Waals surface area contributed by atoms with E-state index in [0.29, 0.717) is 16.9 Å². The van der Waals surface area contributed by atoms with Crippen molar-refractivity contribution in [2.24, 2.45) is 0 Å². The van der Waals surface area contributed by atoms with Crippen molar-refractivity contribution in [1.29, 1.82) is 0 Å². The Morgan fingerprint density at radius 3 is 2.80 bits per heavy atom. The molecule has 3 rings (SSSR count). The normalized spacial score (nSPS) is 10.7. The van der Waals surface area contributed by atoms with E-state index in [1.807, 2.05) is 24.3 Å². The maximum Gasteiger partial charge on any atom is 0.337 e. The van der Waals surface area contributed by atoms with Crippen LogP contribution in [0.2, 0.25) is 0 Å². The third-order valence-corrected chi connectivity index (χ3v) is 3.03. The molecule has 0 unspecified atom stereocenters. The Kier molecular flexibility index (Phi) is 2.83. The van der Waals surface area contributed by atoms with Gasteiger partial charge in [0.15, 0.2) is 0 Å². The van der Waals surface area contributed by atoms with Gasteiger partial charge in [-0.15, -0.1) is 5.10 Å². The summed E-state index contributed by atoms with van der Waals surface area (Å²) in [5, 5.41) is 8.17. The highest BCUT2D eigenvalue weighted by molar-refractivity contribution is 5.91. The monoisotopic (exact) mass is 268 g/mol. The van der Waals surface area contributed by atoms with Gasteiger partial charge in [0.1, 0.15) is 5.52 Å². The van der Waals surface area contributed by atoms with Gasteiger partial charge in [0.2, 0.25) is 0 Å². The molecule has 0 aliphatic rings. The SMILES string of the molecule is COC(=O)c1ccc(-n2nnc3ccccc32)c(N)c1. The lowest BCUT2D eigenvalue weighted by Gasteiger charge is -2.07. The molecule has 0 fully saturated rings. The van der Waals surface area contributed by atoms with Gasteiger partial charge in [-0.1, -0.05) is 17.3 Å². The van der Waals surface area contributed by atoms with Crippen LogP contribution in [0.15, 0.2) is 42.5 Å². The average Bonchev–Trinajstić information content (AvgIpc) is 2.90. The Morgan fingerprint density at radius 1 is 1.25 bits per heavy atom. The first-order valence-electron chi connectivity index (χ1n) is 5.99. The summed E-state index contributed by atoms with van der Waals surface area (Å²) >= 11 is 0. The molecular formula is C14H12N4O2. The smallest absolute Gasteiger partial charge is 0.337 e. The van der Waals surface area contributed by atoms with Crippen LogP contribution in [0.3, 0.4) is 0 Å². The van der Waals surface area contributed by atoms with Gasteiger partial charge in [-0.2, -0.15) is 0 Å². The number of carbonyl (C=O) groups is 1. The van der Waals surface area contributed by atoms with E-state index in [0.717, 1.165) is 11.0 Å². The number of hydrogen-bond donors (Lipinski definition) is 1. The Bertz CT molecular complexity index is 795. The maximum absolute atomic E-state index is 11.5. The summed E-state index contributed by atoms with van der Waals surface area (Å²) < 4.78 is 6.31. The number of ether oxygens (including phenoxy) is 1. The van der Waals surface area contributed by atoms with Crippen LogP contribution in [0.5, 0.6) is 0 Å². The number of esters is 1. The molecule has 2 N–H and O–H groups in total. The van der Waals surface area contributed by atoms with Crippen molar-refractivity contribution in [3.8, 4) is 5.69 Å². The largest absolute Gasteiger partial charge is 0.465 e. The first kappa shape index (κ1) is 12.2. The number of fused-ring (bicyclic) bond motifs is 1. The van der Waals surface area contributed by atoms with Crippen LogP contribution in [0.25, 0.3) is 16.7 Å². The number of rotatable bonds is 2. The molecule has 20 heavy (non-hydrogen) atoms. The number of methoxy groups -OCH3 is 1. The van der Waals surface area contributed by atoms with Gasteiger partial charge >= 0.3 is 5.97 Å². The predicted octanol–water partition coefficient (Wildman–Crippen LogP) is 1.79. The number of nitrogen functional groups attached to an aromatic ring is 1. The number of benzene rings is 2. The minimum atomic E-state index is -0.424. The lowest BCUT2D eigenvalue weighted by molar-refractivity contribution is 0.0601. The zero-order valence-electron chi connectivity index (χ0n) is 10.8. The number of nitrogens with zero attached hydrogens (tertiary/aromatic N) is 3. The quantitative estimate of drug-likeness (QED) is 0.566. The third kappa shape index (κ3) is 1.87. The zero-order valence-corrected chi connectivity index (χ0v) is 10.8. The number of para-hydroxylation sites is 1. The van der Waals surface area contributed by atoms with Gasteiger partial charge in [-0.3, -0.25) is 0 Å². The van der Waals surface area contributed by atoms with Crippen molar-refractivity contribution in [2.45, 2.75) is 0 Å². The Labute approximate surface area is 114 Å². The van der Waals surface area contributed by atoms with Crippen molar-refractivity contribution in [2.75, 3.05) is 12.8 Å². The van der Waals surface area contributed by atoms with Crippen molar-refractivity contribution in [1.82, 2.24) is 15.0 Å². The molecule has 0 aliphatic carbocycles. The lowest BCUT2D eigenvalue weighted by Crippen LogP contribution is -2.06. The van der Waals surface area contributed by atoms with E-state index in [4.69, 9.17) is 5.73 Å². The van der Waals surface area contributed by atoms with Crippen LogP contribution in [0.4, 0.5) is 5.69 Å². The molecule has 0 atom stereocenters. The van der Waals surface area contributed by atoms with Gasteiger partial charge < -0.3 is 10.5 Å². The summed E-state index contributed by atoms with van der Waals surface area (Å²) in [5.41, 5.74) is 9.14. The standard InChI is InChI=1S/C14H12N4O2/c1-20-14(19)9-6-7-12(10(15)8-9)18-13-5-3-2-4-11(13)16-17-18/h2-8H,15H2,1H3. The second-order valence-corrected chi connectivity index (χ2v) is 4.26. The predicted molar refractivity (Wildman–Crippen MR) is 74.6 cm³/mol. The van der Waals surface area contributed by atoms with Crippen molar-refractivity contribution >= 4 is 22.7 Å². The molecule has 0 spiro atoms. The van der Waals surface area contributed by atoms with Gasteiger partial charge in [0.25, 0.3) is 0 Å². The molecule has 0 amide bonds. The number of carbonyl (C=O) groups excluding carboxylic acids is 1. The van der Waals surface area contributed by atoms with Crippen LogP contribution >= 0.6 is 0 Å². The van der Waals surface area contributed by atoms with E-state index in [1.54, 1.807) is 22.9 Å². The van der Waals surface area contributed by atoms with Crippen molar-refractivity contribution in [3.63, 3.8) is 0 Å². The van der Waals surface area contributed by atoms with Crippen LogP contribution in [-0.4, -0.2) is 28.1 Å².